The van der Waals surface area contributed by atoms with Crippen LogP contribution in [0.25, 0.3) is 0 Å². The second-order valence-corrected chi connectivity index (χ2v) is 9.97. The number of hydrogen-bond donors (Lipinski definition) is 5. The zero-order valence-corrected chi connectivity index (χ0v) is 17.7. The molecule has 11 nitrogen and oxygen atoms in total. The molecule has 0 radical (unpaired) electrons. The summed E-state index contributed by atoms with van der Waals surface area (Å²) in [5.74, 6) is 0.590. The van der Waals surface area contributed by atoms with E-state index in [0.29, 0.717) is 12.2 Å². The fourth-order valence-corrected chi connectivity index (χ4v) is 4.40. The van der Waals surface area contributed by atoms with Crippen LogP contribution in [0.1, 0.15) is 32.1 Å². The maximum atomic E-state index is 11.0. The second-order valence-electron chi connectivity index (χ2n) is 6.24. The van der Waals surface area contributed by atoms with E-state index in [1.807, 2.05) is 0 Å². The molecular weight excluding hydrogens is 438 g/mol. The molecule has 0 saturated carbocycles. The number of nitrogens with zero attached hydrogens (tertiary/aromatic N) is 1. The van der Waals surface area contributed by atoms with E-state index in [-0.39, 0.29) is 11.5 Å². The summed E-state index contributed by atoms with van der Waals surface area (Å²) in [4.78, 5) is 0. The van der Waals surface area contributed by atoms with Crippen molar-refractivity contribution >= 4 is 38.0 Å². The quantitative estimate of drug-likeness (QED) is 0.0827. The number of hydrogen-bond acceptors (Lipinski definition) is 11. The fraction of sp³-hybridized carbons (Fsp3) is 0.929. The van der Waals surface area contributed by atoms with Crippen molar-refractivity contribution in [3.8, 4) is 0 Å². The molecule has 1 rings (SSSR count). The van der Waals surface area contributed by atoms with E-state index in [9.17, 15) is 33.1 Å². The van der Waals surface area contributed by atoms with Gasteiger partial charge in [0.05, 0.1) is 6.61 Å². The van der Waals surface area contributed by atoms with Crippen LogP contribution in [0.4, 0.5) is 0 Å². The van der Waals surface area contributed by atoms with Gasteiger partial charge >= 0.3 is 10.4 Å². The zero-order chi connectivity index (χ0) is 21.3. The van der Waals surface area contributed by atoms with Crippen molar-refractivity contribution in [3.05, 3.63) is 0 Å². The molecule has 0 aromatic rings. The lowest BCUT2D eigenvalue weighted by atomic mass is 10.0. The van der Waals surface area contributed by atoms with Gasteiger partial charge in [0.15, 0.2) is 0 Å². The van der Waals surface area contributed by atoms with Crippen LogP contribution in [0, 0.1) is 0 Å². The maximum Gasteiger partial charge on any atom is 0.466 e. The van der Waals surface area contributed by atoms with Gasteiger partial charge in [0.1, 0.15) is 34.9 Å². The van der Waals surface area contributed by atoms with Crippen molar-refractivity contribution in [1.29, 1.82) is 0 Å². The molecular formula is C14H27NO10S3. The second kappa shape index (κ2) is 12.4. The van der Waals surface area contributed by atoms with Gasteiger partial charge in [-0.25, -0.2) is 4.28 Å². The van der Waals surface area contributed by atoms with Crippen LogP contribution in [-0.2, 0) is 30.2 Å². The minimum Gasteiger partial charge on any atom is -0.394 e. The van der Waals surface area contributed by atoms with Crippen LogP contribution in [0.15, 0.2) is 5.16 Å². The summed E-state index contributed by atoms with van der Waals surface area (Å²) in [6.07, 6.45) is -1.02. The average molecular weight is 466 g/mol. The van der Waals surface area contributed by atoms with E-state index in [0.717, 1.165) is 31.0 Å². The molecule has 0 spiro atoms. The maximum absolute atomic E-state index is 11.0. The summed E-state index contributed by atoms with van der Waals surface area (Å²) >= 11 is 0.754. The lowest BCUT2D eigenvalue weighted by Gasteiger charge is -2.39. The van der Waals surface area contributed by atoms with Gasteiger partial charge in [-0.05, 0) is 19.3 Å². The number of aliphatic hydroxyl groups excluding tert-OH is 4. The molecule has 1 saturated heterocycles. The molecule has 0 bridgehead atoms. The highest BCUT2D eigenvalue weighted by Crippen LogP contribution is 2.30. The Morgan fingerprint density at radius 1 is 1.14 bits per heavy atom. The minimum atomic E-state index is -4.82. The summed E-state index contributed by atoms with van der Waals surface area (Å²) in [7, 11) is -5.69. The molecule has 6 atom stereocenters. The van der Waals surface area contributed by atoms with E-state index in [4.69, 9.17) is 9.29 Å². The zero-order valence-electron chi connectivity index (χ0n) is 15.3. The monoisotopic (exact) mass is 465 g/mol. The Bertz CT molecular complexity index is 627. The van der Waals surface area contributed by atoms with E-state index >= 15 is 0 Å². The van der Waals surface area contributed by atoms with Crippen LogP contribution < -0.4 is 0 Å². The molecule has 1 aliphatic rings. The van der Waals surface area contributed by atoms with Gasteiger partial charge in [-0.2, -0.15) is 8.42 Å². The van der Waals surface area contributed by atoms with E-state index in [2.05, 4.69) is 9.44 Å². The molecule has 0 aromatic heterocycles. The highest BCUT2D eigenvalue weighted by atomic mass is 32.3. The Morgan fingerprint density at radius 2 is 1.79 bits per heavy atom. The lowest BCUT2D eigenvalue weighted by Crippen LogP contribution is -2.57. The minimum absolute atomic E-state index is 0.0704. The fourth-order valence-electron chi connectivity index (χ4n) is 2.45. The van der Waals surface area contributed by atoms with E-state index in [1.54, 1.807) is 6.26 Å². The molecule has 0 aromatic carbocycles. The largest absolute Gasteiger partial charge is 0.466 e. The number of rotatable bonds is 11. The first-order chi connectivity index (χ1) is 13.0. The van der Waals surface area contributed by atoms with Gasteiger partial charge in [0.25, 0.3) is 0 Å². The smallest absolute Gasteiger partial charge is 0.394 e. The van der Waals surface area contributed by atoms with Crippen molar-refractivity contribution in [1.82, 2.24) is 0 Å². The predicted octanol–water partition coefficient (Wildman–Crippen LogP) is -1.02. The number of aliphatic hydroxyl groups is 4. The number of thioether (sulfide) groups is 1. The molecule has 1 fully saturated rings. The first-order valence-electron chi connectivity index (χ1n) is 8.55. The molecule has 0 aliphatic carbocycles. The van der Waals surface area contributed by atoms with Crippen LogP contribution in [0.2, 0.25) is 0 Å². The summed E-state index contributed by atoms with van der Waals surface area (Å²) in [6, 6.07) is 0. The standard InChI is InChI=1S/C14H27NO10S3/c1-27(20)7-5-3-2-4-6-10(15-25-28(21,22)23)26-14-13(19)12(18)11(17)9(8-16)24-14/h9,11-14,16-19H,2-8H2,1H3,(H,21,22,23)/b15-10+/t9-,11-,12+,13-,14+,27+/m1/s1. The molecule has 0 amide bonds. The third kappa shape index (κ3) is 9.45. The topological polar surface area (TPSA) is 183 Å². The molecule has 14 heteroatoms. The summed E-state index contributed by atoms with van der Waals surface area (Å²) in [5.41, 5.74) is -1.15. The third-order valence-electron chi connectivity index (χ3n) is 3.91. The van der Waals surface area contributed by atoms with Crippen molar-refractivity contribution in [2.45, 2.75) is 62.0 Å². The predicted molar refractivity (Wildman–Crippen MR) is 103 cm³/mol. The molecule has 1 heterocycles. The molecule has 0 unspecified atom stereocenters. The first kappa shape index (κ1) is 25.7. The highest BCUT2D eigenvalue weighted by molar-refractivity contribution is 8.14. The van der Waals surface area contributed by atoms with Crippen LogP contribution >= 0.6 is 11.8 Å². The van der Waals surface area contributed by atoms with Crippen molar-refractivity contribution in [2.75, 3.05) is 18.6 Å². The van der Waals surface area contributed by atoms with Crippen LogP contribution in [0.5, 0.6) is 0 Å². The van der Waals surface area contributed by atoms with Crippen molar-refractivity contribution in [3.63, 3.8) is 0 Å². The summed E-state index contributed by atoms with van der Waals surface area (Å²) < 4.78 is 50.6. The van der Waals surface area contributed by atoms with Gasteiger partial charge in [-0.15, -0.1) is 0 Å². The Morgan fingerprint density at radius 3 is 2.36 bits per heavy atom. The number of ether oxygens (including phenoxy) is 1. The number of oxime groups is 1. The summed E-state index contributed by atoms with van der Waals surface area (Å²) in [5, 5.41) is 42.3. The van der Waals surface area contributed by atoms with E-state index < -0.39 is 57.7 Å². The first-order valence-corrected chi connectivity index (χ1v) is 12.5. The van der Waals surface area contributed by atoms with Crippen molar-refractivity contribution in [2.24, 2.45) is 5.16 Å². The van der Waals surface area contributed by atoms with Crippen molar-refractivity contribution < 1.29 is 46.6 Å². The van der Waals surface area contributed by atoms with Gasteiger partial charge in [0.2, 0.25) is 0 Å². The molecule has 1 aliphatic heterocycles. The highest BCUT2D eigenvalue weighted by Gasteiger charge is 2.44. The average Bonchev–Trinajstić information content (AvgIpc) is 2.61. The Balaban J connectivity index is 2.70. The van der Waals surface area contributed by atoms with Gasteiger partial charge in [-0.1, -0.05) is 29.8 Å². The summed E-state index contributed by atoms with van der Waals surface area (Å²) in [6.45, 7) is -0.602. The SMILES string of the molecule is C[S@](=O)CCCCCC/C(=N\OS(=O)(=O)O)S[C@@H]1O[C@H](CO)[C@@H](O)[C@H](O)[C@H]1O. The molecule has 28 heavy (non-hydrogen) atoms. The van der Waals surface area contributed by atoms with Crippen LogP contribution in [-0.4, -0.2) is 91.1 Å². The van der Waals surface area contributed by atoms with E-state index in [1.165, 1.54) is 0 Å². The molecule has 166 valence electrons. The Hall–Kier alpha value is -0.320. The Labute approximate surface area is 170 Å². The number of unbranched alkanes of at least 4 members (excludes halogenated alkanes) is 3. The molecule has 5 N–H and O–H groups in total. The Kier molecular flexibility index (Phi) is 11.4. The third-order valence-corrected chi connectivity index (χ3v) is 6.21. The van der Waals surface area contributed by atoms with Crippen LogP contribution in [0.3, 0.4) is 0 Å². The van der Waals surface area contributed by atoms with Gasteiger partial charge in [-0.3, -0.25) is 8.76 Å². The lowest BCUT2D eigenvalue weighted by molar-refractivity contribution is -0.205. The normalized spacial score (nSPS) is 30.2. The van der Waals surface area contributed by atoms with Gasteiger partial charge < -0.3 is 25.2 Å². The van der Waals surface area contributed by atoms with Gasteiger partial charge in [0, 0.05) is 22.8 Å².